The summed E-state index contributed by atoms with van der Waals surface area (Å²) in [6.45, 7) is 4.28. The molecule has 0 bridgehead atoms. The number of nitrogens with one attached hydrogen (secondary N) is 1. The highest BCUT2D eigenvalue weighted by atomic mass is 14.9. The molecule has 0 amide bonds. The number of anilines is 1. The number of nitrogens with zero attached hydrogens (tertiary/aromatic N) is 1. The minimum absolute atomic E-state index is 0.375. The molecule has 0 spiro atoms. The lowest BCUT2D eigenvalue weighted by Crippen LogP contribution is -2.16. The molecular formula is C14H14N2. The van der Waals surface area contributed by atoms with E-state index in [-0.39, 0.29) is 0 Å². The number of rotatable bonds is 0. The second-order valence-corrected chi connectivity index (χ2v) is 4.35. The Morgan fingerprint density at radius 2 is 2.25 bits per heavy atom. The molecule has 1 N–H and O–H groups in total. The molecule has 2 heterocycles. The highest BCUT2D eigenvalue weighted by Gasteiger charge is 2.14. The van der Waals surface area contributed by atoms with Gasteiger partial charge in [0.15, 0.2) is 0 Å². The van der Waals surface area contributed by atoms with Crippen LogP contribution in [-0.4, -0.2) is 11.0 Å². The molecule has 0 fully saturated rings. The van der Waals surface area contributed by atoms with Crippen LogP contribution in [0.25, 0.3) is 17.0 Å². The molecule has 2 heteroatoms. The van der Waals surface area contributed by atoms with Gasteiger partial charge in [-0.2, -0.15) is 0 Å². The number of fused-ring (bicyclic) bond motifs is 3. The topological polar surface area (TPSA) is 24.9 Å². The van der Waals surface area contributed by atoms with Gasteiger partial charge in [0.2, 0.25) is 0 Å². The van der Waals surface area contributed by atoms with E-state index in [0.717, 1.165) is 11.2 Å². The Kier molecular flexibility index (Phi) is 1.96. The first-order valence-electron chi connectivity index (χ1n) is 5.59. The van der Waals surface area contributed by atoms with E-state index < -0.39 is 0 Å². The highest BCUT2D eigenvalue weighted by Crippen LogP contribution is 2.32. The average molecular weight is 210 g/mol. The maximum absolute atomic E-state index is 4.49. The lowest BCUT2D eigenvalue weighted by atomic mass is 9.99. The van der Waals surface area contributed by atoms with Crippen molar-refractivity contribution in [2.45, 2.75) is 19.9 Å². The second kappa shape index (κ2) is 3.34. The predicted octanol–water partition coefficient (Wildman–Crippen LogP) is 3.37. The molecule has 0 radical (unpaired) electrons. The Morgan fingerprint density at radius 1 is 1.38 bits per heavy atom. The van der Waals surface area contributed by atoms with Crippen LogP contribution in [0.15, 0.2) is 30.5 Å². The Balaban J connectivity index is 2.39. The fourth-order valence-corrected chi connectivity index (χ4v) is 2.25. The number of pyridine rings is 1. The van der Waals surface area contributed by atoms with Crippen LogP contribution in [0.1, 0.15) is 18.1 Å². The van der Waals surface area contributed by atoms with Crippen LogP contribution in [0.4, 0.5) is 5.69 Å². The molecule has 2 nitrogen and oxygen atoms in total. The van der Waals surface area contributed by atoms with Crippen molar-refractivity contribution in [1.29, 1.82) is 0 Å². The maximum Gasteiger partial charge on any atom is 0.0942 e. The van der Waals surface area contributed by atoms with Gasteiger partial charge < -0.3 is 5.32 Å². The van der Waals surface area contributed by atoms with Gasteiger partial charge in [0.25, 0.3) is 0 Å². The monoisotopic (exact) mass is 210 g/mol. The summed E-state index contributed by atoms with van der Waals surface area (Å²) < 4.78 is 0. The zero-order valence-corrected chi connectivity index (χ0v) is 9.49. The van der Waals surface area contributed by atoms with Crippen molar-refractivity contribution >= 4 is 22.7 Å². The van der Waals surface area contributed by atoms with Crippen LogP contribution in [0.5, 0.6) is 0 Å². The van der Waals surface area contributed by atoms with Crippen molar-refractivity contribution in [2.75, 3.05) is 5.32 Å². The molecule has 2 aromatic rings. The van der Waals surface area contributed by atoms with Gasteiger partial charge in [-0.15, -0.1) is 0 Å². The lowest BCUT2D eigenvalue weighted by molar-refractivity contribution is 0.994. The summed E-state index contributed by atoms with van der Waals surface area (Å²) in [4.78, 5) is 4.49. The first kappa shape index (κ1) is 9.40. The standard InChI is InChI=1S/C14H14N2/c1-9-8-11-6-5-10(2)16-13(11)14-12(9)4-3-7-15-14/h3-8,10,16H,1-2H3. The third kappa shape index (κ3) is 1.30. The van der Waals surface area contributed by atoms with Crippen molar-refractivity contribution in [3.05, 3.63) is 41.6 Å². The Bertz CT molecular complexity index is 585. The summed E-state index contributed by atoms with van der Waals surface area (Å²) in [5.74, 6) is 0. The molecule has 3 rings (SSSR count). The van der Waals surface area contributed by atoms with Gasteiger partial charge in [0.1, 0.15) is 0 Å². The van der Waals surface area contributed by atoms with Gasteiger partial charge in [-0.25, -0.2) is 0 Å². The van der Waals surface area contributed by atoms with Crippen molar-refractivity contribution < 1.29 is 0 Å². The minimum Gasteiger partial charge on any atom is -0.377 e. The molecule has 16 heavy (non-hydrogen) atoms. The van der Waals surface area contributed by atoms with E-state index in [1.165, 1.54) is 16.5 Å². The molecular weight excluding hydrogens is 196 g/mol. The van der Waals surface area contributed by atoms with Crippen molar-refractivity contribution in [1.82, 2.24) is 4.98 Å². The predicted molar refractivity (Wildman–Crippen MR) is 68.6 cm³/mol. The van der Waals surface area contributed by atoms with Crippen LogP contribution in [0, 0.1) is 6.92 Å². The molecule has 1 atom stereocenters. The normalized spacial score (nSPS) is 18.2. The van der Waals surface area contributed by atoms with Gasteiger partial charge in [-0.3, -0.25) is 4.98 Å². The van der Waals surface area contributed by atoms with E-state index in [4.69, 9.17) is 0 Å². The molecule has 1 aliphatic rings. The van der Waals surface area contributed by atoms with E-state index in [1.807, 2.05) is 12.3 Å². The van der Waals surface area contributed by atoms with Gasteiger partial charge in [-0.05, 0) is 37.1 Å². The fraction of sp³-hybridized carbons (Fsp3) is 0.214. The van der Waals surface area contributed by atoms with Crippen LogP contribution in [0.3, 0.4) is 0 Å². The zero-order valence-electron chi connectivity index (χ0n) is 9.49. The zero-order chi connectivity index (χ0) is 11.1. The minimum atomic E-state index is 0.375. The highest BCUT2D eigenvalue weighted by molar-refractivity contribution is 5.98. The fourth-order valence-electron chi connectivity index (χ4n) is 2.25. The molecule has 1 aliphatic heterocycles. The number of benzene rings is 1. The van der Waals surface area contributed by atoms with Gasteiger partial charge in [-0.1, -0.05) is 18.2 Å². The number of hydrogen-bond acceptors (Lipinski definition) is 2. The second-order valence-electron chi connectivity index (χ2n) is 4.35. The van der Waals surface area contributed by atoms with Gasteiger partial charge >= 0.3 is 0 Å². The molecule has 0 saturated carbocycles. The SMILES string of the molecule is Cc1cc2c(c3ncccc13)NC(C)C=C2. The van der Waals surface area contributed by atoms with Gasteiger partial charge in [0, 0.05) is 17.6 Å². The van der Waals surface area contributed by atoms with E-state index >= 15 is 0 Å². The number of aromatic nitrogens is 1. The van der Waals surface area contributed by atoms with Crippen molar-refractivity contribution in [2.24, 2.45) is 0 Å². The van der Waals surface area contributed by atoms with E-state index in [9.17, 15) is 0 Å². The van der Waals surface area contributed by atoms with Crippen LogP contribution < -0.4 is 5.32 Å². The molecule has 1 aromatic carbocycles. The summed E-state index contributed by atoms with van der Waals surface area (Å²) in [5.41, 5.74) is 4.76. The Hall–Kier alpha value is -1.83. The maximum atomic E-state index is 4.49. The first-order chi connectivity index (χ1) is 7.75. The van der Waals surface area contributed by atoms with Crippen LogP contribution >= 0.6 is 0 Å². The smallest absolute Gasteiger partial charge is 0.0942 e. The summed E-state index contributed by atoms with van der Waals surface area (Å²) in [7, 11) is 0. The van der Waals surface area contributed by atoms with E-state index in [2.05, 4.69) is 48.4 Å². The summed E-state index contributed by atoms with van der Waals surface area (Å²) >= 11 is 0. The van der Waals surface area contributed by atoms with Crippen molar-refractivity contribution in [3.63, 3.8) is 0 Å². The third-order valence-electron chi connectivity index (χ3n) is 3.07. The molecule has 0 aliphatic carbocycles. The van der Waals surface area contributed by atoms with E-state index in [1.54, 1.807) is 0 Å². The average Bonchev–Trinajstić information content (AvgIpc) is 2.31. The quantitative estimate of drug-likeness (QED) is 0.721. The summed E-state index contributed by atoms with van der Waals surface area (Å²) in [6, 6.07) is 6.71. The molecule has 1 aromatic heterocycles. The number of aryl methyl sites for hydroxylation is 1. The number of hydrogen-bond donors (Lipinski definition) is 1. The van der Waals surface area contributed by atoms with Crippen LogP contribution in [-0.2, 0) is 0 Å². The third-order valence-corrected chi connectivity index (χ3v) is 3.07. The summed E-state index contributed by atoms with van der Waals surface area (Å²) in [5, 5.41) is 4.71. The van der Waals surface area contributed by atoms with Gasteiger partial charge in [0.05, 0.1) is 11.2 Å². The molecule has 80 valence electrons. The van der Waals surface area contributed by atoms with E-state index in [0.29, 0.717) is 6.04 Å². The Labute approximate surface area is 95.0 Å². The van der Waals surface area contributed by atoms with Crippen LogP contribution in [0.2, 0.25) is 0 Å². The molecule has 1 unspecified atom stereocenters. The summed E-state index contributed by atoms with van der Waals surface area (Å²) in [6.07, 6.45) is 6.21. The first-order valence-corrected chi connectivity index (χ1v) is 5.59. The Morgan fingerprint density at radius 3 is 3.12 bits per heavy atom. The largest absolute Gasteiger partial charge is 0.377 e. The van der Waals surface area contributed by atoms with Crippen molar-refractivity contribution in [3.8, 4) is 0 Å². The lowest BCUT2D eigenvalue weighted by Gasteiger charge is -2.21. The molecule has 0 saturated heterocycles.